The van der Waals surface area contributed by atoms with E-state index in [1.807, 2.05) is 30.3 Å². The van der Waals surface area contributed by atoms with E-state index in [0.29, 0.717) is 10.8 Å². The maximum atomic E-state index is 11.6. The molecular weight excluding hydrogens is 355 g/mol. The highest BCUT2D eigenvalue weighted by atomic mass is 35.5. The van der Waals surface area contributed by atoms with Crippen LogP contribution in [0.25, 0.3) is 0 Å². The Morgan fingerprint density at radius 3 is 2.46 bits per heavy atom. The summed E-state index contributed by atoms with van der Waals surface area (Å²) in [7, 11) is 0. The first-order valence-corrected chi connectivity index (χ1v) is 7.63. The Balaban J connectivity index is 1.68. The van der Waals surface area contributed by atoms with Crippen molar-refractivity contribution in [2.24, 2.45) is 0 Å². The molecule has 6 nitrogen and oxygen atoms in total. The van der Waals surface area contributed by atoms with Gasteiger partial charge in [0.15, 0.2) is 6.61 Å². The zero-order valence-corrected chi connectivity index (χ0v) is 13.9. The fourth-order valence-corrected chi connectivity index (χ4v) is 2.11. The van der Waals surface area contributed by atoms with Gasteiger partial charge in [0, 0.05) is 5.02 Å². The number of carbonyl (C=O) groups is 2. The standard InChI is InChI=1S/C16H14Cl2N2O4/c17-12-6-7-14(13(18)8-12)23-10-15(21)19-20-16(22)24-9-11-4-2-1-3-5-11/h1-8H,9-10H2,(H,19,21)(H,20,22). The Morgan fingerprint density at radius 2 is 1.75 bits per heavy atom. The van der Waals surface area contributed by atoms with Crippen molar-refractivity contribution in [2.75, 3.05) is 6.61 Å². The van der Waals surface area contributed by atoms with Gasteiger partial charge in [0.1, 0.15) is 12.4 Å². The number of hydrogen-bond acceptors (Lipinski definition) is 4. The maximum Gasteiger partial charge on any atom is 0.426 e. The van der Waals surface area contributed by atoms with Gasteiger partial charge in [-0.2, -0.15) is 0 Å². The molecule has 8 heteroatoms. The van der Waals surface area contributed by atoms with Crippen molar-refractivity contribution in [3.63, 3.8) is 0 Å². The van der Waals surface area contributed by atoms with Crippen molar-refractivity contribution >= 4 is 35.2 Å². The first-order valence-electron chi connectivity index (χ1n) is 6.88. The van der Waals surface area contributed by atoms with Gasteiger partial charge in [0.2, 0.25) is 0 Å². The summed E-state index contributed by atoms with van der Waals surface area (Å²) in [4.78, 5) is 23.1. The Kier molecular flexibility index (Phi) is 6.72. The summed E-state index contributed by atoms with van der Waals surface area (Å²) in [5.41, 5.74) is 5.11. The minimum Gasteiger partial charge on any atom is -0.482 e. The van der Waals surface area contributed by atoms with E-state index in [9.17, 15) is 9.59 Å². The normalized spacial score (nSPS) is 9.92. The molecule has 0 heterocycles. The van der Waals surface area contributed by atoms with Crippen molar-refractivity contribution in [3.8, 4) is 5.75 Å². The second-order valence-electron chi connectivity index (χ2n) is 4.60. The molecule has 0 aliphatic rings. The van der Waals surface area contributed by atoms with Crippen LogP contribution in [0, 0.1) is 0 Å². The van der Waals surface area contributed by atoms with Crippen LogP contribution < -0.4 is 15.6 Å². The lowest BCUT2D eigenvalue weighted by Gasteiger charge is -2.10. The SMILES string of the molecule is O=C(COc1ccc(Cl)cc1Cl)NNC(=O)OCc1ccccc1. The molecule has 0 fully saturated rings. The summed E-state index contributed by atoms with van der Waals surface area (Å²) < 4.78 is 10.2. The molecule has 0 saturated carbocycles. The Morgan fingerprint density at radius 1 is 1.00 bits per heavy atom. The number of amides is 2. The number of hydrogen-bond donors (Lipinski definition) is 2. The summed E-state index contributed by atoms with van der Waals surface area (Å²) in [6.07, 6.45) is -0.781. The molecule has 126 valence electrons. The summed E-state index contributed by atoms with van der Waals surface area (Å²) in [5.74, 6) is -0.263. The van der Waals surface area contributed by atoms with Crippen LogP contribution in [0.4, 0.5) is 4.79 Å². The van der Waals surface area contributed by atoms with Crippen LogP contribution in [0.15, 0.2) is 48.5 Å². The van der Waals surface area contributed by atoms with E-state index in [4.69, 9.17) is 32.7 Å². The number of hydrazine groups is 1. The topological polar surface area (TPSA) is 76.7 Å². The fourth-order valence-electron chi connectivity index (χ4n) is 1.65. The van der Waals surface area contributed by atoms with Crippen molar-refractivity contribution < 1.29 is 19.1 Å². The molecule has 2 N–H and O–H groups in total. The van der Waals surface area contributed by atoms with E-state index in [0.717, 1.165) is 5.56 Å². The first kappa shape index (κ1) is 17.9. The highest BCUT2D eigenvalue weighted by Crippen LogP contribution is 2.27. The third-order valence-electron chi connectivity index (χ3n) is 2.77. The van der Waals surface area contributed by atoms with Crippen LogP contribution in [0.2, 0.25) is 10.0 Å². The summed E-state index contributed by atoms with van der Waals surface area (Å²) in [5, 5.41) is 0.741. The third-order valence-corrected chi connectivity index (χ3v) is 3.30. The van der Waals surface area contributed by atoms with Crippen LogP contribution in [0.1, 0.15) is 5.56 Å². The van der Waals surface area contributed by atoms with Crippen LogP contribution in [0.3, 0.4) is 0 Å². The van der Waals surface area contributed by atoms with Gasteiger partial charge in [0.05, 0.1) is 5.02 Å². The van der Waals surface area contributed by atoms with Gasteiger partial charge in [-0.25, -0.2) is 10.2 Å². The molecule has 0 radical (unpaired) electrons. The monoisotopic (exact) mass is 368 g/mol. The first-order chi connectivity index (χ1) is 11.5. The largest absolute Gasteiger partial charge is 0.482 e. The maximum absolute atomic E-state index is 11.6. The van der Waals surface area contributed by atoms with Gasteiger partial charge in [0.25, 0.3) is 5.91 Å². The van der Waals surface area contributed by atoms with Gasteiger partial charge >= 0.3 is 6.09 Å². The lowest BCUT2D eigenvalue weighted by molar-refractivity contribution is -0.124. The van der Waals surface area contributed by atoms with Gasteiger partial charge in [-0.1, -0.05) is 53.5 Å². The highest BCUT2D eigenvalue weighted by molar-refractivity contribution is 6.35. The van der Waals surface area contributed by atoms with E-state index in [1.165, 1.54) is 6.07 Å². The second kappa shape index (κ2) is 9.00. The molecule has 0 aliphatic heterocycles. The number of rotatable bonds is 5. The molecule has 0 spiro atoms. The molecule has 0 atom stereocenters. The van der Waals surface area contributed by atoms with Crippen LogP contribution in [-0.4, -0.2) is 18.6 Å². The minimum atomic E-state index is -0.781. The average molecular weight is 369 g/mol. The zero-order valence-electron chi connectivity index (χ0n) is 12.4. The molecule has 0 bridgehead atoms. The zero-order chi connectivity index (χ0) is 17.4. The van der Waals surface area contributed by atoms with Crippen molar-refractivity contribution in [1.82, 2.24) is 10.9 Å². The molecule has 0 aromatic heterocycles. The van der Waals surface area contributed by atoms with Crippen LogP contribution >= 0.6 is 23.2 Å². The third kappa shape index (κ3) is 5.98. The molecule has 2 rings (SSSR count). The second-order valence-corrected chi connectivity index (χ2v) is 5.44. The minimum absolute atomic E-state index is 0.0967. The van der Waals surface area contributed by atoms with Gasteiger partial charge < -0.3 is 9.47 Å². The van der Waals surface area contributed by atoms with Gasteiger partial charge in [-0.15, -0.1) is 0 Å². The van der Waals surface area contributed by atoms with E-state index in [2.05, 4.69) is 10.9 Å². The van der Waals surface area contributed by atoms with Crippen LogP contribution in [-0.2, 0) is 16.1 Å². The predicted octanol–water partition coefficient (Wildman–Crippen LogP) is 3.33. The quantitative estimate of drug-likeness (QED) is 0.793. The van der Waals surface area contributed by atoms with Crippen molar-refractivity contribution in [2.45, 2.75) is 6.61 Å². The molecule has 24 heavy (non-hydrogen) atoms. The lowest BCUT2D eigenvalue weighted by Crippen LogP contribution is -2.44. The number of ether oxygens (including phenoxy) is 2. The Bertz CT molecular complexity index is 710. The van der Waals surface area contributed by atoms with E-state index < -0.39 is 12.0 Å². The molecule has 0 saturated heterocycles. The fraction of sp³-hybridized carbons (Fsp3) is 0.125. The lowest BCUT2D eigenvalue weighted by atomic mass is 10.2. The molecule has 2 aromatic carbocycles. The Hall–Kier alpha value is -2.44. The smallest absolute Gasteiger partial charge is 0.426 e. The molecule has 0 aliphatic carbocycles. The summed E-state index contributed by atoms with van der Waals surface area (Å²) in [6.45, 7) is -0.236. The predicted molar refractivity (Wildman–Crippen MR) is 89.9 cm³/mol. The summed E-state index contributed by atoms with van der Waals surface area (Å²) >= 11 is 11.7. The number of halogens is 2. The van der Waals surface area contributed by atoms with E-state index in [1.54, 1.807) is 12.1 Å². The van der Waals surface area contributed by atoms with Gasteiger partial charge in [-0.05, 0) is 23.8 Å². The molecule has 2 aromatic rings. The number of carbonyl (C=O) groups excluding carboxylic acids is 2. The van der Waals surface area contributed by atoms with Crippen molar-refractivity contribution in [1.29, 1.82) is 0 Å². The van der Waals surface area contributed by atoms with E-state index >= 15 is 0 Å². The number of nitrogens with one attached hydrogen (secondary N) is 2. The van der Waals surface area contributed by atoms with Gasteiger partial charge in [-0.3, -0.25) is 10.2 Å². The van der Waals surface area contributed by atoms with Crippen LogP contribution in [0.5, 0.6) is 5.75 Å². The Labute approximate surface area is 148 Å². The van der Waals surface area contributed by atoms with Crippen molar-refractivity contribution in [3.05, 3.63) is 64.1 Å². The van der Waals surface area contributed by atoms with E-state index in [-0.39, 0.29) is 18.2 Å². The molecule has 2 amide bonds. The average Bonchev–Trinajstić information content (AvgIpc) is 2.58. The highest BCUT2D eigenvalue weighted by Gasteiger charge is 2.08. The molecular formula is C16H14Cl2N2O4. The number of benzene rings is 2. The molecule has 0 unspecified atom stereocenters. The summed E-state index contributed by atoms with van der Waals surface area (Å²) in [6, 6.07) is 13.8.